The van der Waals surface area contributed by atoms with Crippen LogP contribution in [0.1, 0.15) is 79.1 Å². The number of hydrogen-bond donors (Lipinski definition) is 8. The second-order valence-electron chi connectivity index (χ2n) is 22.8. The molecule has 19 heteroatoms. The minimum Gasteiger partial charge on any atom is -0.404 e. The largest absolute Gasteiger partial charge is 0.404 e. The molecular weight excluding hydrogens is 1010 g/mol. The summed E-state index contributed by atoms with van der Waals surface area (Å²) in [4.78, 5) is 11.5. The molecule has 2 aromatic carbocycles. The number of guanidine groups is 4. The zero-order chi connectivity index (χ0) is 50.2. The van der Waals surface area contributed by atoms with Crippen LogP contribution in [-0.4, -0.2) is 203 Å². The van der Waals surface area contributed by atoms with E-state index in [9.17, 15) is 4.79 Å². The molecule has 10 rings (SSSR count). The fourth-order valence-electron chi connectivity index (χ4n) is 12.1. The van der Waals surface area contributed by atoms with Gasteiger partial charge in [-0.25, -0.2) is 0 Å². The van der Waals surface area contributed by atoms with Crippen LogP contribution in [0.25, 0.3) is 0 Å². The molecular formula is C54H86N12O2S4Si+4. The first kappa shape index (κ1) is 53.2. The fourth-order valence-corrected chi connectivity index (χ4v) is 21.0. The minimum atomic E-state index is -2.59. The number of thioether (sulfide) groups is 4. The van der Waals surface area contributed by atoms with Crippen LogP contribution in [0.3, 0.4) is 0 Å². The Bertz CT molecular complexity index is 2300. The summed E-state index contributed by atoms with van der Waals surface area (Å²) in [6.07, 6.45) is 9.35. The Labute approximate surface area is 454 Å². The summed E-state index contributed by atoms with van der Waals surface area (Å²) in [6, 6.07) is 25.7. The molecule has 0 fully saturated rings. The van der Waals surface area contributed by atoms with Crippen molar-refractivity contribution >= 4 is 94.7 Å². The first-order valence-corrected chi connectivity index (χ1v) is 34.1. The van der Waals surface area contributed by atoms with Gasteiger partial charge in [0, 0.05) is 98.6 Å². The summed E-state index contributed by atoms with van der Waals surface area (Å²) in [5.41, 5.74) is 0. The third-order valence-electron chi connectivity index (χ3n) is 16.3. The van der Waals surface area contributed by atoms with Crippen LogP contribution < -0.4 is 52.9 Å². The summed E-state index contributed by atoms with van der Waals surface area (Å²) in [5.74, 6) is 12.6. The van der Waals surface area contributed by atoms with E-state index in [0.29, 0.717) is 48.9 Å². The zero-order valence-electron chi connectivity index (χ0n) is 44.1. The molecule has 8 atom stereocenters. The van der Waals surface area contributed by atoms with Crippen molar-refractivity contribution in [1.82, 2.24) is 42.5 Å². The van der Waals surface area contributed by atoms with Gasteiger partial charge in [-0.2, -0.15) is 35.3 Å². The van der Waals surface area contributed by atoms with Crippen LogP contribution in [0, 0.1) is 0 Å². The molecule has 0 radical (unpaired) electrons. The van der Waals surface area contributed by atoms with E-state index in [1.165, 1.54) is 84.5 Å². The van der Waals surface area contributed by atoms with Gasteiger partial charge in [0.25, 0.3) is 8.32 Å². The van der Waals surface area contributed by atoms with Crippen molar-refractivity contribution in [2.75, 3.05) is 99.2 Å². The van der Waals surface area contributed by atoms with E-state index >= 15 is 0 Å². The summed E-state index contributed by atoms with van der Waals surface area (Å²) < 4.78 is 17.4. The Balaban J connectivity index is 0.613. The quantitative estimate of drug-likeness (QED) is 0.0774. The van der Waals surface area contributed by atoms with Crippen molar-refractivity contribution in [2.45, 2.75) is 132 Å². The molecule has 73 heavy (non-hydrogen) atoms. The lowest BCUT2D eigenvalue weighted by atomic mass is 10.1. The zero-order valence-corrected chi connectivity index (χ0v) is 48.4. The van der Waals surface area contributed by atoms with Gasteiger partial charge >= 0.3 is 23.8 Å². The van der Waals surface area contributed by atoms with Crippen molar-refractivity contribution in [3.8, 4) is 0 Å². The highest BCUT2D eigenvalue weighted by Crippen LogP contribution is 2.37. The third-order valence-corrected chi connectivity index (χ3v) is 26.1. The summed E-state index contributed by atoms with van der Waals surface area (Å²) in [6.45, 7) is 18.4. The lowest BCUT2D eigenvalue weighted by molar-refractivity contribution is -0.542. The first-order valence-electron chi connectivity index (χ1n) is 27.8. The molecule has 0 bridgehead atoms. The maximum atomic E-state index is 11.5. The number of nitrogens with one attached hydrogen (secondary N) is 8. The van der Waals surface area contributed by atoms with Gasteiger partial charge in [-0.1, -0.05) is 93.2 Å². The highest BCUT2D eigenvalue weighted by Gasteiger charge is 2.51. The molecule has 0 aliphatic carbocycles. The van der Waals surface area contributed by atoms with Gasteiger partial charge in [0.05, 0.1) is 107 Å². The average Bonchev–Trinajstić information content (AvgIpc) is 3.40. The van der Waals surface area contributed by atoms with E-state index in [1.807, 2.05) is 0 Å². The van der Waals surface area contributed by atoms with Crippen molar-refractivity contribution in [3.63, 3.8) is 0 Å². The number of carbonyl (C=O) groups excluding carboxylic acids is 1. The lowest BCUT2D eigenvalue weighted by Crippen LogP contribution is -2.68. The Morgan fingerprint density at radius 2 is 0.740 bits per heavy atom. The molecule has 8 N–H and O–H groups in total. The molecule has 0 saturated carbocycles. The van der Waals surface area contributed by atoms with Crippen LogP contribution in [0.5, 0.6) is 0 Å². The van der Waals surface area contributed by atoms with E-state index in [1.54, 1.807) is 6.92 Å². The average molecular weight is 1090 g/mol. The molecule has 8 aliphatic heterocycles. The lowest BCUT2D eigenvalue weighted by Gasteiger charge is -2.44. The van der Waals surface area contributed by atoms with Crippen LogP contribution in [-0.2, 0) is 9.22 Å². The number of carbonyl (C=O) groups is 1. The van der Waals surface area contributed by atoms with Crippen LogP contribution in [0.4, 0.5) is 0 Å². The van der Waals surface area contributed by atoms with E-state index in [4.69, 9.17) is 4.43 Å². The number of nitrogens with zero attached hydrogens (tertiary/aromatic N) is 4. The number of rotatable bonds is 19. The van der Waals surface area contributed by atoms with Gasteiger partial charge < -0.3 is 4.43 Å². The van der Waals surface area contributed by atoms with Crippen molar-refractivity contribution in [2.24, 2.45) is 0 Å². The van der Waals surface area contributed by atoms with E-state index < -0.39 is 8.32 Å². The number of hydrogen-bond acceptors (Lipinski definition) is 14. The van der Waals surface area contributed by atoms with Gasteiger partial charge in [0.2, 0.25) is 0 Å². The van der Waals surface area contributed by atoms with Gasteiger partial charge in [0.1, 0.15) is 0 Å². The summed E-state index contributed by atoms with van der Waals surface area (Å²) in [7, 11) is -2.59. The Kier molecular flexibility index (Phi) is 18.1. The highest BCUT2D eigenvalue weighted by atomic mass is 32.2. The molecule has 0 spiro atoms. The minimum absolute atomic E-state index is 0.0315. The maximum Gasteiger partial charge on any atom is 0.346 e. The smallest absolute Gasteiger partial charge is 0.346 e. The van der Waals surface area contributed by atoms with Gasteiger partial charge in [0.15, 0.2) is 5.12 Å². The fraction of sp³-hybridized carbons (Fsp3) is 0.685. The molecule has 8 heterocycles. The van der Waals surface area contributed by atoms with Crippen molar-refractivity contribution in [1.29, 1.82) is 0 Å². The molecule has 0 aromatic heterocycles. The molecule has 14 nitrogen and oxygen atoms in total. The highest BCUT2D eigenvalue weighted by molar-refractivity contribution is 8.13. The molecule has 0 saturated heterocycles. The number of benzene rings is 2. The van der Waals surface area contributed by atoms with Crippen LogP contribution in [0.2, 0.25) is 5.04 Å². The van der Waals surface area contributed by atoms with Gasteiger partial charge in [-0.05, 0) is 15.4 Å². The van der Waals surface area contributed by atoms with Crippen molar-refractivity contribution in [3.05, 3.63) is 60.7 Å². The third kappa shape index (κ3) is 13.5. The van der Waals surface area contributed by atoms with E-state index in [0.717, 1.165) is 105 Å². The molecule has 0 unspecified atom stereocenters. The predicted molar refractivity (Wildman–Crippen MR) is 311 cm³/mol. The predicted octanol–water partition coefficient (Wildman–Crippen LogP) is 2.41. The van der Waals surface area contributed by atoms with E-state index in [2.05, 4.69) is 178 Å². The molecule has 0 amide bonds. The normalized spacial score (nSPS) is 28.3. The standard InChI is InChI=1S/C54H82N12O2S4Si/c1-39(67)72-38-47-22-30-66-29-21-46(61-53(66)62-47)37-71-36-45-20-28-65-27-19-44(59-52(65)60-45)35-70-34-43-18-26-64-25-17-42(57-51(64)58-43)33-69-32-41-16-24-63-23-15-40(55-50(63)56-41)31-68-73(54(2,3)4,48-11-7-5-8-12-48)49-13-9-6-10-14-49/h5-14,40-47H,15-38H2,1-4H3,(H4,55,56,57,58,59,60,61,62)/p+4/t40-,41-,42-,43-,44-,45-,46-,47-/m1/s1. The van der Waals surface area contributed by atoms with Crippen LogP contribution >= 0.6 is 47.0 Å². The topological polar surface area (TPSA) is 135 Å². The SMILES string of the molecule is CC(=O)SC[C@H]1CC[N+]2=C(N[C@@H](CSC[C@H]3CC[N+]4=C(N[C@@H](CSC[C@H]5CC[N+]6=C(N[C@@H](CSC[C@H]7CC[N+]8=C(N[C@@H](CO[Si](c9ccccc9)(c9ccccc9)C(C)(C)C)CC8)N7)CC6)N5)CC4)N3)CC2)N1. The van der Waals surface area contributed by atoms with Crippen LogP contribution in [0.15, 0.2) is 60.7 Å². The first-order chi connectivity index (χ1) is 35.5. The second-order valence-corrected chi connectivity index (χ2v) is 31.5. The van der Waals surface area contributed by atoms with Gasteiger partial charge in [-0.3, -0.25) is 65.6 Å². The molecule has 8 aliphatic rings. The van der Waals surface area contributed by atoms with Crippen molar-refractivity contribution < 1.29 is 27.5 Å². The molecule has 2 aromatic rings. The Morgan fingerprint density at radius 1 is 0.466 bits per heavy atom. The Morgan fingerprint density at radius 3 is 1.03 bits per heavy atom. The summed E-state index contributed by atoms with van der Waals surface area (Å²) >= 11 is 7.75. The second kappa shape index (κ2) is 24.8. The molecule has 398 valence electrons. The maximum absolute atomic E-state index is 11.5. The van der Waals surface area contributed by atoms with E-state index in [-0.39, 0.29) is 16.2 Å². The Hall–Kier alpha value is -3.23. The van der Waals surface area contributed by atoms with Gasteiger partial charge in [-0.15, -0.1) is 0 Å². The summed E-state index contributed by atoms with van der Waals surface area (Å²) in [5, 5.41) is 34.0. The monoisotopic (exact) mass is 1090 g/mol.